The second-order valence-corrected chi connectivity index (χ2v) is 5.16. The molecule has 1 nitrogen and oxygen atoms in total. The highest BCUT2D eigenvalue weighted by Gasteiger charge is 2.37. The second-order valence-electron chi connectivity index (χ2n) is 5.16. The van der Waals surface area contributed by atoms with Crippen molar-refractivity contribution in [1.82, 2.24) is 0 Å². The largest absolute Gasteiger partial charge is 0.399 e. The summed E-state index contributed by atoms with van der Waals surface area (Å²) in [5.41, 5.74) is 8.57. The molecule has 1 heteroatoms. The van der Waals surface area contributed by atoms with Crippen LogP contribution in [0.2, 0.25) is 0 Å². The highest BCUT2D eigenvalue weighted by atomic mass is 14.6. The molecule has 2 rings (SSSR count). The SMILES string of the molecule is CC1CC=CC2=C(N)C=CC(C)(C)C21. The van der Waals surface area contributed by atoms with Crippen molar-refractivity contribution >= 4 is 0 Å². The van der Waals surface area contributed by atoms with Gasteiger partial charge in [0.25, 0.3) is 0 Å². The Morgan fingerprint density at radius 2 is 2.07 bits per heavy atom. The fraction of sp³-hybridized carbons (Fsp3) is 0.538. The lowest BCUT2D eigenvalue weighted by atomic mass is 9.63. The predicted octanol–water partition coefficient (Wildman–Crippen LogP) is 3.01. The first-order valence-electron chi connectivity index (χ1n) is 5.38. The third-order valence-corrected chi connectivity index (χ3v) is 3.54. The van der Waals surface area contributed by atoms with E-state index in [-0.39, 0.29) is 5.41 Å². The molecular formula is C13H19N. The Kier molecular flexibility index (Phi) is 2.06. The molecule has 2 N–H and O–H groups in total. The summed E-state index contributed by atoms with van der Waals surface area (Å²) >= 11 is 0. The zero-order chi connectivity index (χ0) is 10.3. The van der Waals surface area contributed by atoms with Crippen molar-refractivity contribution in [2.24, 2.45) is 23.0 Å². The summed E-state index contributed by atoms with van der Waals surface area (Å²) < 4.78 is 0. The summed E-state index contributed by atoms with van der Waals surface area (Å²) in [7, 11) is 0. The van der Waals surface area contributed by atoms with Gasteiger partial charge in [-0.25, -0.2) is 0 Å². The molecule has 0 radical (unpaired) electrons. The highest BCUT2D eigenvalue weighted by molar-refractivity contribution is 5.41. The summed E-state index contributed by atoms with van der Waals surface area (Å²) in [5.74, 6) is 1.30. The van der Waals surface area contributed by atoms with Crippen molar-refractivity contribution in [3.8, 4) is 0 Å². The van der Waals surface area contributed by atoms with Gasteiger partial charge in [-0.1, -0.05) is 39.0 Å². The van der Waals surface area contributed by atoms with Gasteiger partial charge in [0.1, 0.15) is 0 Å². The molecule has 2 atom stereocenters. The molecule has 0 saturated carbocycles. The van der Waals surface area contributed by atoms with E-state index in [0.717, 1.165) is 5.70 Å². The van der Waals surface area contributed by atoms with Gasteiger partial charge in [0, 0.05) is 5.70 Å². The summed E-state index contributed by atoms with van der Waals surface area (Å²) in [4.78, 5) is 0. The normalized spacial score (nSPS) is 34.5. The van der Waals surface area contributed by atoms with E-state index < -0.39 is 0 Å². The Bertz CT molecular complexity index is 331. The van der Waals surface area contributed by atoms with Gasteiger partial charge in [-0.3, -0.25) is 0 Å². The van der Waals surface area contributed by atoms with Crippen LogP contribution in [-0.4, -0.2) is 0 Å². The Morgan fingerprint density at radius 1 is 1.36 bits per heavy atom. The molecule has 0 amide bonds. The average Bonchev–Trinajstić information content (AvgIpc) is 2.12. The molecule has 0 aromatic rings. The van der Waals surface area contributed by atoms with Crippen LogP contribution in [0, 0.1) is 17.3 Å². The molecule has 0 aromatic carbocycles. The molecule has 0 fully saturated rings. The standard InChI is InChI=1S/C13H19N/c1-9-5-4-6-10-11(14)7-8-13(2,3)12(9)10/h4,6-9,12H,5,14H2,1-3H3. The minimum Gasteiger partial charge on any atom is -0.399 e. The van der Waals surface area contributed by atoms with E-state index in [0.29, 0.717) is 11.8 Å². The average molecular weight is 189 g/mol. The monoisotopic (exact) mass is 189 g/mol. The van der Waals surface area contributed by atoms with Gasteiger partial charge in [-0.05, 0) is 35.3 Å². The minimum atomic E-state index is 0.252. The van der Waals surface area contributed by atoms with E-state index in [2.05, 4.69) is 45.1 Å². The first-order valence-corrected chi connectivity index (χ1v) is 5.38. The van der Waals surface area contributed by atoms with Gasteiger partial charge in [0.05, 0.1) is 0 Å². The molecule has 0 aliphatic heterocycles. The topological polar surface area (TPSA) is 26.0 Å². The van der Waals surface area contributed by atoms with E-state index in [1.807, 2.05) is 0 Å². The molecule has 0 aromatic heterocycles. The summed E-state index contributed by atoms with van der Waals surface area (Å²) in [5, 5.41) is 0. The van der Waals surface area contributed by atoms with Gasteiger partial charge >= 0.3 is 0 Å². The highest BCUT2D eigenvalue weighted by Crippen LogP contribution is 2.46. The molecule has 0 heterocycles. The molecule has 0 spiro atoms. The van der Waals surface area contributed by atoms with Crippen molar-refractivity contribution in [2.45, 2.75) is 27.2 Å². The van der Waals surface area contributed by atoms with Crippen LogP contribution in [-0.2, 0) is 0 Å². The summed E-state index contributed by atoms with van der Waals surface area (Å²) in [6.45, 7) is 6.93. The molecule has 0 saturated heterocycles. The van der Waals surface area contributed by atoms with Crippen molar-refractivity contribution < 1.29 is 0 Å². The molecular weight excluding hydrogens is 170 g/mol. The molecule has 0 bridgehead atoms. The Labute approximate surface area is 86.4 Å². The van der Waals surface area contributed by atoms with Crippen molar-refractivity contribution in [3.63, 3.8) is 0 Å². The van der Waals surface area contributed by atoms with Crippen LogP contribution in [0.5, 0.6) is 0 Å². The molecule has 14 heavy (non-hydrogen) atoms. The summed E-state index contributed by atoms with van der Waals surface area (Å²) in [6.07, 6.45) is 9.96. The Morgan fingerprint density at radius 3 is 2.71 bits per heavy atom. The maximum atomic E-state index is 6.01. The molecule has 2 unspecified atom stereocenters. The van der Waals surface area contributed by atoms with E-state index >= 15 is 0 Å². The van der Waals surface area contributed by atoms with Crippen LogP contribution in [0.4, 0.5) is 0 Å². The minimum absolute atomic E-state index is 0.252. The summed E-state index contributed by atoms with van der Waals surface area (Å²) in [6, 6.07) is 0. The number of hydrogen-bond acceptors (Lipinski definition) is 1. The number of fused-ring (bicyclic) bond motifs is 1. The van der Waals surface area contributed by atoms with Gasteiger partial charge in [0.2, 0.25) is 0 Å². The zero-order valence-corrected chi connectivity index (χ0v) is 9.25. The van der Waals surface area contributed by atoms with Crippen LogP contribution >= 0.6 is 0 Å². The Balaban J connectivity index is 2.49. The van der Waals surface area contributed by atoms with Crippen LogP contribution in [0.1, 0.15) is 27.2 Å². The third kappa shape index (κ3) is 1.31. The third-order valence-electron chi connectivity index (χ3n) is 3.54. The fourth-order valence-corrected chi connectivity index (χ4v) is 2.87. The maximum absolute atomic E-state index is 6.01. The zero-order valence-electron chi connectivity index (χ0n) is 9.25. The smallest absolute Gasteiger partial charge is 0.0346 e. The lowest BCUT2D eigenvalue weighted by Gasteiger charge is -2.41. The molecule has 2 aliphatic rings. The predicted molar refractivity (Wildman–Crippen MR) is 60.5 cm³/mol. The molecule has 2 aliphatic carbocycles. The first-order chi connectivity index (χ1) is 6.52. The van der Waals surface area contributed by atoms with E-state index in [1.165, 1.54) is 12.0 Å². The number of allylic oxidation sites excluding steroid dienone is 5. The van der Waals surface area contributed by atoms with Gasteiger partial charge in [0.15, 0.2) is 0 Å². The van der Waals surface area contributed by atoms with Crippen molar-refractivity contribution in [1.29, 1.82) is 0 Å². The lowest BCUT2D eigenvalue weighted by molar-refractivity contribution is 0.233. The van der Waals surface area contributed by atoms with Gasteiger partial charge in [-0.2, -0.15) is 0 Å². The van der Waals surface area contributed by atoms with Crippen LogP contribution in [0.15, 0.2) is 35.6 Å². The van der Waals surface area contributed by atoms with Crippen LogP contribution < -0.4 is 5.73 Å². The quantitative estimate of drug-likeness (QED) is 0.623. The lowest BCUT2D eigenvalue weighted by Crippen LogP contribution is -2.34. The van der Waals surface area contributed by atoms with Crippen molar-refractivity contribution in [2.75, 3.05) is 0 Å². The Hall–Kier alpha value is -0.980. The number of rotatable bonds is 0. The number of nitrogens with two attached hydrogens (primary N) is 1. The maximum Gasteiger partial charge on any atom is 0.0346 e. The van der Waals surface area contributed by atoms with E-state index in [9.17, 15) is 0 Å². The first kappa shape index (κ1) is 9.57. The van der Waals surface area contributed by atoms with Gasteiger partial charge < -0.3 is 5.73 Å². The molecule has 76 valence electrons. The van der Waals surface area contributed by atoms with Crippen LogP contribution in [0.3, 0.4) is 0 Å². The van der Waals surface area contributed by atoms with Crippen LogP contribution in [0.25, 0.3) is 0 Å². The van der Waals surface area contributed by atoms with E-state index in [1.54, 1.807) is 0 Å². The van der Waals surface area contributed by atoms with Crippen molar-refractivity contribution in [3.05, 3.63) is 35.6 Å². The number of hydrogen-bond donors (Lipinski definition) is 1. The van der Waals surface area contributed by atoms with Gasteiger partial charge in [-0.15, -0.1) is 0 Å². The fourth-order valence-electron chi connectivity index (χ4n) is 2.87. The van der Waals surface area contributed by atoms with E-state index in [4.69, 9.17) is 5.73 Å². The second kappa shape index (κ2) is 3.01.